The van der Waals surface area contributed by atoms with Crippen LogP contribution in [0.25, 0.3) is 11.3 Å². The maximum absolute atomic E-state index is 13.4. The van der Waals surface area contributed by atoms with Crippen LogP contribution in [0.1, 0.15) is 18.2 Å². The van der Waals surface area contributed by atoms with E-state index in [1.807, 2.05) is 0 Å². The number of hydrogen-bond acceptors (Lipinski definition) is 4. The van der Waals surface area contributed by atoms with Crippen molar-refractivity contribution >= 4 is 5.91 Å². The van der Waals surface area contributed by atoms with Gasteiger partial charge in [0.15, 0.2) is 11.6 Å². The number of aliphatic hydroxyl groups is 1. The number of aliphatic hydroxyl groups excluding tert-OH is 1. The predicted octanol–water partition coefficient (Wildman–Crippen LogP) is 1.89. The summed E-state index contributed by atoms with van der Waals surface area (Å²) in [6.45, 7) is 2.04. The van der Waals surface area contributed by atoms with Crippen molar-refractivity contribution in [1.82, 2.24) is 10.1 Å². The van der Waals surface area contributed by atoms with Crippen LogP contribution >= 0.6 is 0 Å². The average molecular weight is 308 g/mol. The van der Waals surface area contributed by atoms with Crippen LogP contribution in [0.4, 0.5) is 8.78 Å². The second-order valence-electron chi connectivity index (χ2n) is 5.25. The van der Waals surface area contributed by atoms with Crippen molar-refractivity contribution < 1.29 is 23.2 Å². The summed E-state index contributed by atoms with van der Waals surface area (Å²) >= 11 is 0. The van der Waals surface area contributed by atoms with Gasteiger partial charge in [-0.3, -0.25) is 4.79 Å². The molecule has 1 aliphatic heterocycles. The molecular weight excluding hydrogens is 294 g/mol. The maximum Gasteiger partial charge on any atom is 0.251 e. The summed E-state index contributed by atoms with van der Waals surface area (Å²) in [4.78, 5) is 13.4. The normalized spacial score (nSPS) is 15.5. The van der Waals surface area contributed by atoms with E-state index >= 15 is 0 Å². The second-order valence-corrected chi connectivity index (χ2v) is 5.25. The molecule has 0 saturated carbocycles. The standard InChI is InChI=1S/C15H14F2N2O3/c1-8(20)15(21)19-5-4-13-10(7-19)14(18-22-13)9-2-3-11(16)12(17)6-9/h2-3,6,8,20H,4-5,7H2,1H3/t8-/m0/s1. The summed E-state index contributed by atoms with van der Waals surface area (Å²) in [5, 5.41) is 13.3. The highest BCUT2D eigenvalue weighted by atomic mass is 19.2. The molecule has 0 aliphatic carbocycles. The molecule has 1 amide bonds. The minimum absolute atomic E-state index is 0.219. The van der Waals surface area contributed by atoms with E-state index in [4.69, 9.17) is 4.52 Å². The summed E-state index contributed by atoms with van der Waals surface area (Å²) in [7, 11) is 0. The van der Waals surface area contributed by atoms with E-state index in [-0.39, 0.29) is 12.5 Å². The third kappa shape index (κ3) is 2.48. The van der Waals surface area contributed by atoms with E-state index < -0.39 is 17.7 Å². The van der Waals surface area contributed by atoms with Crippen molar-refractivity contribution in [2.45, 2.75) is 26.0 Å². The number of halogens is 2. The van der Waals surface area contributed by atoms with Crippen molar-refractivity contribution in [3.05, 3.63) is 41.2 Å². The summed E-state index contributed by atoms with van der Waals surface area (Å²) in [6, 6.07) is 3.47. The first-order chi connectivity index (χ1) is 10.5. The largest absolute Gasteiger partial charge is 0.384 e. The Balaban J connectivity index is 1.95. The first-order valence-corrected chi connectivity index (χ1v) is 6.87. The zero-order valence-electron chi connectivity index (χ0n) is 11.8. The second kappa shape index (κ2) is 5.49. The molecular formula is C15H14F2N2O3. The first-order valence-electron chi connectivity index (χ1n) is 6.87. The highest BCUT2D eigenvalue weighted by Crippen LogP contribution is 2.30. The van der Waals surface area contributed by atoms with E-state index in [1.165, 1.54) is 17.9 Å². The summed E-state index contributed by atoms with van der Waals surface area (Å²) < 4.78 is 31.7. The molecule has 3 rings (SSSR count). The zero-order valence-corrected chi connectivity index (χ0v) is 11.8. The van der Waals surface area contributed by atoms with Crippen LogP contribution in [0, 0.1) is 11.6 Å². The van der Waals surface area contributed by atoms with E-state index in [9.17, 15) is 18.7 Å². The van der Waals surface area contributed by atoms with Crippen molar-refractivity contribution in [1.29, 1.82) is 0 Å². The predicted molar refractivity (Wildman–Crippen MR) is 72.7 cm³/mol. The van der Waals surface area contributed by atoms with Gasteiger partial charge >= 0.3 is 0 Å². The molecule has 1 aromatic heterocycles. The topological polar surface area (TPSA) is 66.6 Å². The van der Waals surface area contributed by atoms with Gasteiger partial charge in [0.25, 0.3) is 5.91 Å². The van der Waals surface area contributed by atoms with Gasteiger partial charge in [-0.2, -0.15) is 0 Å². The Morgan fingerprint density at radius 2 is 2.18 bits per heavy atom. The lowest BCUT2D eigenvalue weighted by atomic mass is 10.0. The molecule has 5 nitrogen and oxygen atoms in total. The van der Waals surface area contributed by atoms with E-state index in [1.54, 1.807) is 0 Å². The van der Waals surface area contributed by atoms with Crippen molar-refractivity contribution in [3.63, 3.8) is 0 Å². The Bertz CT molecular complexity index is 728. The molecule has 0 saturated heterocycles. The highest BCUT2D eigenvalue weighted by Gasteiger charge is 2.29. The van der Waals surface area contributed by atoms with Crippen molar-refractivity contribution in [2.75, 3.05) is 6.54 Å². The van der Waals surface area contributed by atoms with Gasteiger partial charge in [-0.1, -0.05) is 5.16 Å². The Morgan fingerprint density at radius 1 is 1.41 bits per heavy atom. The fraction of sp³-hybridized carbons (Fsp3) is 0.333. The van der Waals surface area contributed by atoms with Gasteiger partial charge in [0.2, 0.25) is 0 Å². The van der Waals surface area contributed by atoms with E-state index in [0.717, 1.165) is 12.1 Å². The first kappa shape index (κ1) is 14.6. The lowest BCUT2D eigenvalue weighted by molar-refractivity contribution is -0.140. The number of amides is 1. The number of carbonyl (C=O) groups excluding carboxylic acids is 1. The molecule has 1 atom stereocenters. The number of aromatic nitrogens is 1. The van der Waals surface area contributed by atoms with Crippen LogP contribution in [0.5, 0.6) is 0 Å². The van der Waals surface area contributed by atoms with Gasteiger partial charge in [0.05, 0.1) is 6.54 Å². The molecule has 0 bridgehead atoms. The molecule has 1 N–H and O–H groups in total. The minimum atomic E-state index is -1.09. The molecule has 0 spiro atoms. The van der Waals surface area contributed by atoms with Gasteiger partial charge in [0.1, 0.15) is 17.6 Å². The lowest BCUT2D eigenvalue weighted by Crippen LogP contribution is -2.40. The summed E-state index contributed by atoms with van der Waals surface area (Å²) in [6.07, 6.45) is -0.627. The number of fused-ring (bicyclic) bond motifs is 1. The molecule has 0 unspecified atom stereocenters. The zero-order chi connectivity index (χ0) is 15.9. The monoisotopic (exact) mass is 308 g/mol. The number of carbonyl (C=O) groups is 1. The molecule has 116 valence electrons. The van der Waals surface area contributed by atoms with Crippen molar-refractivity contribution in [3.8, 4) is 11.3 Å². The quantitative estimate of drug-likeness (QED) is 0.920. The minimum Gasteiger partial charge on any atom is -0.384 e. The summed E-state index contributed by atoms with van der Waals surface area (Å²) in [5.74, 6) is -1.67. The molecule has 0 fully saturated rings. The van der Waals surface area contributed by atoms with Crippen LogP contribution < -0.4 is 0 Å². The summed E-state index contributed by atoms with van der Waals surface area (Å²) in [5.41, 5.74) is 1.43. The average Bonchev–Trinajstić information content (AvgIpc) is 2.92. The number of rotatable bonds is 2. The Kier molecular flexibility index (Phi) is 3.66. The van der Waals surface area contributed by atoms with Gasteiger partial charge in [0, 0.05) is 24.1 Å². The fourth-order valence-corrected chi connectivity index (χ4v) is 2.53. The fourth-order valence-electron chi connectivity index (χ4n) is 2.53. The SMILES string of the molecule is C[C@H](O)C(=O)N1CCc2onc(-c3ccc(F)c(F)c3)c2C1. The maximum atomic E-state index is 13.4. The van der Waals surface area contributed by atoms with Crippen LogP contribution in [0.15, 0.2) is 22.7 Å². The van der Waals surface area contributed by atoms with Gasteiger partial charge < -0.3 is 14.5 Å². The van der Waals surface area contributed by atoms with Crippen LogP contribution in [0.2, 0.25) is 0 Å². The molecule has 7 heteroatoms. The Morgan fingerprint density at radius 3 is 2.86 bits per heavy atom. The molecule has 1 aliphatic rings. The molecule has 1 aromatic carbocycles. The van der Waals surface area contributed by atoms with Gasteiger partial charge in [-0.15, -0.1) is 0 Å². The lowest BCUT2D eigenvalue weighted by Gasteiger charge is -2.27. The van der Waals surface area contributed by atoms with Crippen molar-refractivity contribution in [2.24, 2.45) is 0 Å². The Hall–Kier alpha value is -2.28. The molecule has 0 radical (unpaired) electrons. The van der Waals surface area contributed by atoms with Crippen LogP contribution in [-0.4, -0.2) is 33.7 Å². The van der Waals surface area contributed by atoms with E-state index in [2.05, 4.69) is 5.16 Å². The highest BCUT2D eigenvalue weighted by molar-refractivity contribution is 5.80. The van der Waals surface area contributed by atoms with Crippen LogP contribution in [-0.2, 0) is 17.8 Å². The number of benzene rings is 1. The number of nitrogens with zero attached hydrogens (tertiary/aromatic N) is 2. The third-order valence-electron chi connectivity index (χ3n) is 3.69. The van der Waals surface area contributed by atoms with Gasteiger partial charge in [-0.05, 0) is 25.1 Å². The van der Waals surface area contributed by atoms with E-state index in [0.29, 0.717) is 35.5 Å². The van der Waals surface area contributed by atoms with Crippen LogP contribution in [0.3, 0.4) is 0 Å². The smallest absolute Gasteiger partial charge is 0.251 e. The molecule has 2 heterocycles. The third-order valence-corrected chi connectivity index (χ3v) is 3.69. The molecule has 2 aromatic rings. The van der Waals surface area contributed by atoms with Gasteiger partial charge in [-0.25, -0.2) is 8.78 Å². The molecule has 22 heavy (non-hydrogen) atoms. The Labute approximate surface area is 125 Å². The number of hydrogen-bond donors (Lipinski definition) is 1.